The molecule has 2 N–H and O–H groups in total. The van der Waals surface area contributed by atoms with E-state index < -0.39 is 0 Å². The second-order valence-corrected chi connectivity index (χ2v) is 5.55. The van der Waals surface area contributed by atoms with Gasteiger partial charge in [-0.05, 0) is 19.8 Å². The van der Waals surface area contributed by atoms with Crippen LogP contribution in [0.25, 0.3) is 0 Å². The SMILES string of the molecule is CCC(CC)CSc1nnc(CN)n1C(C)C. The van der Waals surface area contributed by atoms with Crippen molar-refractivity contribution in [2.45, 2.75) is 58.3 Å². The van der Waals surface area contributed by atoms with Crippen LogP contribution in [0.3, 0.4) is 0 Å². The Morgan fingerprint density at radius 2 is 1.88 bits per heavy atom. The van der Waals surface area contributed by atoms with E-state index >= 15 is 0 Å². The molecule has 1 heterocycles. The van der Waals surface area contributed by atoms with Crippen LogP contribution in [0.1, 0.15) is 52.4 Å². The van der Waals surface area contributed by atoms with E-state index in [2.05, 4.69) is 42.5 Å². The third-order valence-electron chi connectivity index (χ3n) is 3.04. The highest BCUT2D eigenvalue weighted by Crippen LogP contribution is 2.25. The van der Waals surface area contributed by atoms with E-state index in [0.717, 1.165) is 22.7 Å². The topological polar surface area (TPSA) is 56.7 Å². The van der Waals surface area contributed by atoms with Crippen molar-refractivity contribution in [3.63, 3.8) is 0 Å². The van der Waals surface area contributed by atoms with Crippen LogP contribution in [0.4, 0.5) is 0 Å². The lowest BCUT2D eigenvalue weighted by Gasteiger charge is -2.15. The second-order valence-electron chi connectivity index (χ2n) is 4.56. The maximum atomic E-state index is 5.68. The minimum absolute atomic E-state index is 0.368. The third-order valence-corrected chi connectivity index (χ3v) is 4.21. The normalized spacial score (nSPS) is 11.7. The van der Waals surface area contributed by atoms with E-state index in [1.54, 1.807) is 11.8 Å². The molecule has 0 spiro atoms. The van der Waals surface area contributed by atoms with E-state index in [4.69, 9.17) is 5.73 Å². The molecule has 0 aliphatic carbocycles. The van der Waals surface area contributed by atoms with E-state index in [0.29, 0.717) is 12.6 Å². The molecule has 0 saturated carbocycles. The molecule has 0 radical (unpaired) electrons. The standard InChI is InChI=1S/C12H24N4S/c1-5-10(6-2)8-17-12-15-14-11(7-13)16(12)9(3)4/h9-10H,5-8,13H2,1-4H3. The van der Waals surface area contributed by atoms with Crippen molar-refractivity contribution in [3.05, 3.63) is 5.82 Å². The maximum Gasteiger partial charge on any atom is 0.191 e. The maximum absolute atomic E-state index is 5.68. The van der Waals surface area contributed by atoms with Crippen molar-refractivity contribution in [3.8, 4) is 0 Å². The summed E-state index contributed by atoms with van der Waals surface area (Å²) < 4.78 is 2.15. The van der Waals surface area contributed by atoms with Gasteiger partial charge < -0.3 is 10.3 Å². The Morgan fingerprint density at radius 3 is 2.35 bits per heavy atom. The summed E-state index contributed by atoms with van der Waals surface area (Å²) in [5, 5.41) is 9.40. The molecule has 1 rings (SSSR count). The largest absolute Gasteiger partial charge is 0.324 e. The zero-order valence-electron chi connectivity index (χ0n) is 11.3. The van der Waals surface area contributed by atoms with Crippen LogP contribution in [0, 0.1) is 5.92 Å². The lowest BCUT2D eigenvalue weighted by Crippen LogP contribution is -2.12. The molecule has 1 aromatic rings. The predicted molar refractivity (Wildman–Crippen MR) is 73.1 cm³/mol. The van der Waals surface area contributed by atoms with Gasteiger partial charge in [0.15, 0.2) is 5.16 Å². The van der Waals surface area contributed by atoms with Gasteiger partial charge >= 0.3 is 0 Å². The average molecular weight is 256 g/mol. The molecule has 0 fully saturated rings. The first kappa shape index (κ1) is 14.5. The minimum atomic E-state index is 0.368. The molecular formula is C12H24N4S. The lowest BCUT2D eigenvalue weighted by atomic mass is 10.1. The Bertz CT molecular complexity index is 331. The average Bonchev–Trinajstić information content (AvgIpc) is 2.73. The lowest BCUT2D eigenvalue weighted by molar-refractivity contribution is 0.522. The monoisotopic (exact) mass is 256 g/mol. The summed E-state index contributed by atoms with van der Waals surface area (Å²) in [5.74, 6) is 2.76. The van der Waals surface area contributed by atoms with E-state index in [-0.39, 0.29) is 0 Å². The van der Waals surface area contributed by atoms with Gasteiger partial charge in [-0.2, -0.15) is 0 Å². The Balaban J connectivity index is 2.73. The number of hydrogen-bond acceptors (Lipinski definition) is 4. The Kier molecular flexibility index (Phi) is 5.98. The molecular weight excluding hydrogens is 232 g/mol. The van der Waals surface area contributed by atoms with Crippen LogP contribution in [-0.4, -0.2) is 20.5 Å². The highest BCUT2D eigenvalue weighted by Gasteiger charge is 2.15. The predicted octanol–water partition coefficient (Wildman–Crippen LogP) is 2.85. The summed E-state index contributed by atoms with van der Waals surface area (Å²) in [6.07, 6.45) is 2.45. The van der Waals surface area contributed by atoms with Gasteiger partial charge in [0.05, 0.1) is 6.54 Å². The molecule has 17 heavy (non-hydrogen) atoms. The third kappa shape index (κ3) is 3.71. The fraction of sp³-hybridized carbons (Fsp3) is 0.833. The molecule has 0 unspecified atom stereocenters. The van der Waals surface area contributed by atoms with Crippen molar-refractivity contribution in [2.75, 3.05) is 5.75 Å². The van der Waals surface area contributed by atoms with E-state index in [1.807, 2.05) is 0 Å². The molecule has 0 aliphatic rings. The molecule has 0 saturated heterocycles. The quantitative estimate of drug-likeness (QED) is 0.762. The van der Waals surface area contributed by atoms with Gasteiger partial charge in [-0.1, -0.05) is 38.5 Å². The first-order valence-corrected chi connectivity index (χ1v) is 7.39. The first-order valence-electron chi connectivity index (χ1n) is 6.40. The molecule has 0 bridgehead atoms. The van der Waals surface area contributed by atoms with Crippen molar-refractivity contribution >= 4 is 11.8 Å². The zero-order valence-corrected chi connectivity index (χ0v) is 12.1. The Morgan fingerprint density at radius 1 is 1.24 bits per heavy atom. The van der Waals surface area contributed by atoms with Crippen molar-refractivity contribution < 1.29 is 0 Å². The van der Waals surface area contributed by atoms with Gasteiger partial charge in [0.1, 0.15) is 5.82 Å². The summed E-state index contributed by atoms with van der Waals surface area (Å²) in [6.45, 7) is 9.23. The molecule has 0 atom stereocenters. The highest BCUT2D eigenvalue weighted by atomic mass is 32.2. The van der Waals surface area contributed by atoms with Gasteiger partial charge in [-0.3, -0.25) is 0 Å². The van der Waals surface area contributed by atoms with Crippen molar-refractivity contribution in [1.82, 2.24) is 14.8 Å². The van der Waals surface area contributed by atoms with Crippen LogP contribution in [0.5, 0.6) is 0 Å². The number of nitrogens with zero attached hydrogens (tertiary/aromatic N) is 3. The smallest absolute Gasteiger partial charge is 0.191 e. The number of thioether (sulfide) groups is 1. The fourth-order valence-corrected chi connectivity index (χ4v) is 3.19. The van der Waals surface area contributed by atoms with Crippen LogP contribution < -0.4 is 5.73 Å². The number of nitrogens with two attached hydrogens (primary N) is 1. The van der Waals surface area contributed by atoms with Gasteiger partial charge in [0, 0.05) is 11.8 Å². The zero-order chi connectivity index (χ0) is 12.8. The van der Waals surface area contributed by atoms with Crippen molar-refractivity contribution in [1.29, 1.82) is 0 Å². The summed E-state index contributed by atoms with van der Waals surface area (Å²) in [5.41, 5.74) is 5.68. The van der Waals surface area contributed by atoms with Gasteiger partial charge in [-0.15, -0.1) is 10.2 Å². The molecule has 4 nitrogen and oxygen atoms in total. The summed E-state index contributed by atoms with van der Waals surface area (Å²) in [7, 11) is 0. The second kappa shape index (κ2) is 7.01. The number of hydrogen-bond donors (Lipinski definition) is 1. The van der Waals surface area contributed by atoms with E-state index in [9.17, 15) is 0 Å². The summed E-state index contributed by atoms with van der Waals surface area (Å²) in [4.78, 5) is 0. The van der Waals surface area contributed by atoms with Crippen molar-refractivity contribution in [2.24, 2.45) is 11.7 Å². The fourth-order valence-electron chi connectivity index (χ4n) is 1.78. The molecule has 0 aliphatic heterocycles. The van der Waals surface area contributed by atoms with E-state index in [1.165, 1.54) is 12.8 Å². The van der Waals surface area contributed by atoms with Crippen LogP contribution >= 0.6 is 11.8 Å². The van der Waals surface area contributed by atoms with Crippen LogP contribution in [-0.2, 0) is 6.54 Å². The van der Waals surface area contributed by atoms with Gasteiger partial charge in [0.2, 0.25) is 0 Å². The molecule has 98 valence electrons. The Hall–Kier alpha value is -0.550. The number of aromatic nitrogens is 3. The Labute approximate surface area is 108 Å². The highest BCUT2D eigenvalue weighted by molar-refractivity contribution is 7.99. The van der Waals surface area contributed by atoms with Gasteiger partial charge in [-0.25, -0.2) is 0 Å². The van der Waals surface area contributed by atoms with Crippen LogP contribution in [0.2, 0.25) is 0 Å². The minimum Gasteiger partial charge on any atom is -0.324 e. The summed E-state index contributed by atoms with van der Waals surface area (Å²) in [6, 6.07) is 0.368. The molecule has 0 aromatic carbocycles. The molecule has 5 heteroatoms. The first-order chi connectivity index (χ1) is 8.13. The summed E-state index contributed by atoms with van der Waals surface area (Å²) >= 11 is 1.80. The number of rotatable bonds is 7. The van der Waals surface area contributed by atoms with Crippen LogP contribution in [0.15, 0.2) is 5.16 Å². The molecule has 1 aromatic heterocycles. The molecule has 0 amide bonds. The van der Waals surface area contributed by atoms with Gasteiger partial charge in [0.25, 0.3) is 0 Å².